The average molecular weight is 508 g/mol. The third-order valence-corrected chi connectivity index (χ3v) is 8.18. The first-order chi connectivity index (χ1) is 18.0. The van der Waals surface area contributed by atoms with Gasteiger partial charge in [0, 0.05) is 43.2 Å². The van der Waals surface area contributed by atoms with Crippen molar-refractivity contribution in [3.63, 3.8) is 0 Å². The zero-order valence-electron chi connectivity index (χ0n) is 22.1. The molecule has 0 radical (unpaired) electrons. The summed E-state index contributed by atoms with van der Waals surface area (Å²) < 4.78 is 13.3. The van der Waals surface area contributed by atoms with Gasteiger partial charge < -0.3 is 24.8 Å². The zero-order valence-corrected chi connectivity index (χ0v) is 22.1. The second-order valence-electron chi connectivity index (χ2n) is 10.9. The summed E-state index contributed by atoms with van der Waals surface area (Å²) >= 11 is 0. The summed E-state index contributed by atoms with van der Waals surface area (Å²) in [5.74, 6) is 0.0526. The summed E-state index contributed by atoms with van der Waals surface area (Å²) in [6, 6.07) is 16.4. The zero-order chi connectivity index (χ0) is 25.8. The molecule has 1 amide bonds. The van der Waals surface area contributed by atoms with Crippen LogP contribution in [0.4, 0.5) is 5.69 Å². The number of anilines is 1. The lowest BCUT2D eigenvalue weighted by molar-refractivity contribution is -0.276. The predicted octanol–water partition coefficient (Wildman–Crippen LogP) is 4.49. The second kappa shape index (κ2) is 12.0. The minimum Gasteiger partial charge on any atom is -0.392 e. The van der Waals surface area contributed by atoms with Gasteiger partial charge in [-0.05, 0) is 68.6 Å². The fourth-order valence-electron chi connectivity index (χ4n) is 6.13. The largest absolute Gasteiger partial charge is 0.392 e. The highest BCUT2D eigenvalue weighted by atomic mass is 16.7. The Morgan fingerprint density at radius 1 is 1.00 bits per heavy atom. The Labute approximate surface area is 220 Å². The third-order valence-electron chi connectivity index (χ3n) is 8.18. The van der Waals surface area contributed by atoms with Gasteiger partial charge in [0.15, 0.2) is 6.29 Å². The average Bonchev–Trinajstić information content (AvgIpc) is 3.58. The molecule has 5 atom stereocenters. The maximum absolute atomic E-state index is 11.6. The smallest absolute Gasteiger partial charge is 0.221 e. The fraction of sp³-hybridized carbons (Fsp3) is 0.567. The first-order valence-electron chi connectivity index (χ1n) is 13.8. The van der Waals surface area contributed by atoms with Crippen LogP contribution in [0.3, 0.4) is 0 Å². The van der Waals surface area contributed by atoms with Gasteiger partial charge in [-0.1, -0.05) is 43.3 Å². The number of hydrogen-bond acceptors (Lipinski definition) is 6. The summed E-state index contributed by atoms with van der Waals surface area (Å²) in [5.41, 5.74) is 3.62. The van der Waals surface area contributed by atoms with E-state index in [1.807, 2.05) is 36.4 Å². The molecule has 2 N–H and O–H groups in total. The number of ether oxygens (including phenoxy) is 2. The number of rotatable bonds is 8. The number of hydrogen-bond donors (Lipinski definition) is 2. The number of amides is 1. The Balaban J connectivity index is 1.37. The Morgan fingerprint density at radius 2 is 1.78 bits per heavy atom. The molecule has 0 aliphatic carbocycles. The molecule has 0 unspecified atom stereocenters. The fourth-order valence-corrected chi connectivity index (χ4v) is 6.13. The Morgan fingerprint density at radius 3 is 2.51 bits per heavy atom. The van der Waals surface area contributed by atoms with Crippen LogP contribution in [0.1, 0.15) is 68.6 Å². The summed E-state index contributed by atoms with van der Waals surface area (Å²) in [4.78, 5) is 16.9. The van der Waals surface area contributed by atoms with E-state index in [1.54, 1.807) is 0 Å². The van der Waals surface area contributed by atoms with Crippen molar-refractivity contribution in [1.29, 1.82) is 0 Å². The highest BCUT2D eigenvalue weighted by molar-refractivity contribution is 5.88. The van der Waals surface area contributed by atoms with Crippen molar-refractivity contribution >= 4 is 11.6 Å². The highest BCUT2D eigenvalue weighted by Crippen LogP contribution is 2.42. The molecule has 0 spiro atoms. The van der Waals surface area contributed by atoms with Crippen LogP contribution in [0.25, 0.3) is 0 Å². The van der Waals surface area contributed by atoms with E-state index in [0.717, 1.165) is 42.0 Å². The first kappa shape index (κ1) is 26.3. The van der Waals surface area contributed by atoms with Gasteiger partial charge in [-0.3, -0.25) is 9.69 Å². The maximum atomic E-state index is 11.6. The number of aliphatic hydroxyl groups is 1. The van der Waals surface area contributed by atoms with E-state index in [-0.39, 0.29) is 30.6 Å². The van der Waals surface area contributed by atoms with Crippen LogP contribution in [0.5, 0.6) is 0 Å². The van der Waals surface area contributed by atoms with E-state index in [1.165, 1.54) is 45.7 Å². The molecule has 0 bridgehead atoms. The first-order valence-corrected chi connectivity index (χ1v) is 13.8. The molecule has 3 aliphatic heterocycles. The Kier molecular flexibility index (Phi) is 8.57. The molecule has 3 heterocycles. The number of nitrogens with zero attached hydrogens (tertiary/aromatic N) is 2. The molecule has 200 valence electrons. The summed E-state index contributed by atoms with van der Waals surface area (Å²) in [5, 5.41) is 12.4. The van der Waals surface area contributed by atoms with E-state index in [9.17, 15) is 9.90 Å². The van der Waals surface area contributed by atoms with Crippen LogP contribution in [-0.2, 0) is 20.9 Å². The topological polar surface area (TPSA) is 74.3 Å². The van der Waals surface area contributed by atoms with Gasteiger partial charge in [0.2, 0.25) is 5.91 Å². The standard InChI is InChI=1S/C30H41N3O4/c1-21-28(19-33-16-6-9-27(33)18-32-14-3-4-15-32)36-30(25-7-5-8-26(17-25)31-22(2)35)37-29(21)24-12-10-23(20-34)11-13-24/h5,7-8,10-13,17,21,27-30,34H,3-4,6,9,14-16,18-20H2,1-2H3,(H,31,35)/t21-,27-,28+,29+,30+/m0/s1. The van der Waals surface area contributed by atoms with Crippen LogP contribution in [0.15, 0.2) is 48.5 Å². The van der Waals surface area contributed by atoms with E-state index >= 15 is 0 Å². The molecular formula is C30H41N3O4. The van der Waals surface area contributed by atoms with Crippen molar-refractivity contribution in [2.24, 2.45) is 5.92 Å². The van der Waals surface area contributed by atoms with Crippen LogP contribution < -0.4 is 5.32 Å². The SMILES string of the molecule is CC(=O)Nc1cccc([C@@H]2O[C@H](CN3CCC[C@H]3CN3CCCC3)[C@H](C)[C@H](c3ccc(CO)cc3)O2)c1. The van der Waals surface area contributed by atoms with Crippen molar-refractivity contribution in [1.82, 2.24) is 9.80 Å². The minimum absolute atomic E-state index is 0.00451. The van der Waals surface area contributed by atoms with Crippen molar-refractivity contribution < 1.29 is 19.4 Å². The van der Waals surface area contributed by atoms with Gasteiger partial charge >= 0.3 is 0 Å². The molecule has 7 nitrogen and oxygen atoms in total. The van der Waals surface area contributed by atoms with E-state index in [0.29, 0.717) is 6.04 Å². The van der Waals surface area contributed by atoms with Gasteiger partial charge in [0.1, 0.15) is 0 Å². The van der Waals surface area contributed by atoms with Gasteiger partial charge in [-0.2, -0.15) is 0 Å². The lowest BCUT2D eigenvalue weighted by Crippen LogP contribution is -2.48. The van der Waals surface area contributed by atoms with Crippen molar-refractivity contribution in [2.75, 3.05) is 38.0 Å². The molecule has 3 saturated heterocycles. The molecule has 3 fully saturated rings. The normalized spacial score (nSPS) is 29.0. The molecule has 7 heteroatoms. The highest BCUT2D eigenvalue weighted by Gasteiger charge is 2.40. The van der Waals surface area contributed by atoms with Crippen LogP contribution in [0.2, 0.25) is 0 Å². The Bertz CT molecular complexity index is 1040. The molecule has 3 aliphatic rings. The third kappa shape index (κ3) is 6.41. The van der Waals surface area contributed by atoms with E-state index < -0.39 is 6.29 Å². The molecular weight excluding hydrogens is 466 g/mol. The van der Waals surface area contributed by atoms with Gasteiger partial charge in [-0.25, -0.2) is 0 Å². The maximum Gasteiger partial charge on any atom is 0.221 e. The minimum atomic E-state index is -0.530. The molecule has 0 saturated carbocycles. The van der Waals surface area contributed by atoms with E-state index in [2.05, 4.69) is 34.2 Å². The molecule has 2 aromatic rings. The lowest BCUT2D eigenvalue weighted by atomic mass is 9.90. The number of carbonyl (C=O) groups excluding carboxylic acids is 1. The van der Waals surface area contributed by atoms with E-state index in [4.69, 9.17) is 9.47 Å². The predicted molar refractivity (Wildman–Crippen MR) is 144 cm³/mol. The summed E-state index contributed by atoms with van der Waals surface area (Å²) in [6.07, 6.45) is 4.47. The number of aliphatic hydroxyl groups excluding tert-OH is 1. The van der Waals surface area contributed by atoms with Gasteiger partial charge in [0.25, 0.3) is 0 Å². The second-order valence-corrected chi connectivity index (χ2v) is 10.9. The van der Waals surface area contributed by atoms with Crippen LogP contribution in [0, 0.1) is 5.92 Å². The van der Waals surface area contributed by atoms with Crippen molar-refractivity contribution in [3.05, 3.63) is 65.2 Å². The lowest BCUT2D eigenvalue weighted by Gasteiger charge is -2.43. The molecule has 37 heavy (non-hydrogen) atoms. The molecule has 5 rings (SSSR count). The van der Waals surface area contributed by atoms with Gasteiger partial charge in [-0.15, -0.1) is 0 Å². The number of benzene rings is 2. The van der Waals surface area contributed by atoms with Crippen molar-refractivity contribution in [2.45, 2.75) is 70.7 Å². The molecule has 0 aromatic heterocycles. The van der Waals surface area contributed by atoms with Crippen molar-refractivity contribution in [3.8, 4) is 0 Å². The van der Waals surface area contributed by atoms with Crippen LogP contribution >= 0.6 is 0 Å². The quantitative estimate of drug-likeness (QED) is 0.549. The monoisotopic (exact) mass is 507 g/mol. The van der Waals surface area contributed by atoms with Crippen LogP contribution in [-0.4, -0.2) is 65.7 Å². The van der Waals surface area contributed by atoms with Gasteiger partial charge in [0.05, 0.1) is 18.8 Å². The number of carbonyl (C=O) groups is 1. The molecule has 2 aromatic carbocycles. The summed E-state index contributed by atoms with van der Waals surface area (Å²) in [6.45, 7) is 9.38. The number of nitrogens with one attached hydrogen (secondary N) is 1. The summed E-state index contributed by atoms with van der Waals surface area (Å²) in [7, 11) is 0. The number of likely N-dealkylation sites (tertiary alicyclic amines) is 2. The Hall–Kier alpha value is -2.29.